The van der Waals surface area contributed by atoms with Crippen LogP contribution in [0.1, 0.15) is 24.1 Å². The molecule has 7 nitrogen and oxygen atoms in total. The topological polar surface area (TPSA) is 77.7 Å². The van der Waals surface area contributed by atoms with Crippen molar-refractivity contribution in [2.75, 3.05) is 13.7 Å². The van der Waals surface area contributed by atoms with E-state index in [4.69, 9.17) is 9.57 Å². The van der Waals surface area contributed by atoms with E-state index in [1.54, 1.807) is 13.3 Å². The number of rotatable bonds is 7. The molecule has 1 atom stereocenters. The first kappa shape index (κ1) is 17.0. The largest absolute Gasteiger partial charge is 0.497 e. The van der Waals surface area contributed by atoms with Crippen LogP contribution in [0.5, 0.6) is 5.75 Å². The summed E-state index contributed by atoms with van der Waals surface area (Å²) in [5, 5.41) is 11.2. The first-order valence-electron chi connectivity index (χ1n) is 8.30. The quantitative estimate of drug-likeness (QED) is 0.780. The second kappa shape index (κ2) is 7.83. The van der Waals surface area contributed by atoms with E-state index < -0.39 is 6.10 Å². The maximum absolute atomic E-state index is 12.2. The highest BCUT2D eigenvalue weighted by molar-refractivity contribution is 6.04. The molecule has 0 spiro atoms. The molecule has 0 bridgehead atoms. The average Bonchev–Trinajstić information content (AvgIpc) is 3.28. The Balaban J connectivity index is 1.42. The smallest absolute Gasteiger partial charge is 0.264 e. The molecule has 1 aromatic carbocycles. The molecule has 1 unspecified atom stereocenters. The van der Waals surface area contributed by atoms with Gasteiger partial charge < -0.3 is 14.9 Å². The molecule has 1 amide bonds. The standard InChI is InChI=1S/C18H22N4O3/c1-13-8-10-20-22(13)11-3-9-19-18(23)17-12-16(21-25-17)14-4-6-15(24-2)7-5-14/h4-8,10,17H,3,9,11-12H2,1-2H3,(H,19,23). The van der Waals surface area contributed by atoms with Gasteiger partial charge in [-0.05, 0) is 49.2 Å². The summed E-state index contributed by atoms with van der Waals surface area (Å²) in [4.78, 5) is 17.5. The number of hydrogen-bond donors (Lipinski definition) is 1. The Morgan fingerprint density at radius 3 is 2.84 bits per heavy atom. The normalized spacial score (nSPS) is 16.2. The molecule has 1 N–H and O–H groups in total. The van der Waals surface area contributed by atoms with E-state index in [-0.39, 0.29) is 5.91 Å². The monoisotopic (exact) mass is 342 g/mol. The van der Waals surface area contributed by atoms with E-state index in [0.29, 0.717) is 13.0 Å². The Labute approximate surface area is 146 Å². The third-order valence-electron chi connectivity index (χ3n) is 4.16. The summed E-state index contributed by atoms with van der Waals surface area (Å²) >= 11 is 0. The summed E-state index contributed by atoms with van der Waals surface area (Å²) in [7, 11) is 1.62. The van der Waals surface area contributed by atoms with Crippen LogP contribution in [0.15, 0.2) is 41.7 Å². The number of aryl methyl sites for hydroxylation is 2. The Morgan fingerprint density at radius 1 is 1.36 bits per heavy atom. The van der Waals surface area contributed by atoms with E-state index in [0.717, 1.165) is 35.7 Å². The third kappa shape index (κ3) is 4.17. The first-order valence-corrected chi connectivity index (χ1v) is 8.30. The van der Waals surface area contributed by atoms with Gasteiger partial charge in [-0.1, -0.05) is 5.16 Å². The van der Waals surface area contributed by atoms with Crippen molar-refractivity contribution in [2.45, 2.75) is 32.4 Å². The summed E-state index contributed by atoms with van der Waals surface area (Å²) in [5.74, 6) is 0.648. The zero-order valence-corrected chi connectivity index (χ0v) is 14.4. The van der Waals surface area contributed by atoms with Crippen LogP contribution < -0.4 is 10.1 Å². The predicted octanol–water partition coefficient (Wildman–Crippen LogP) is 1.90. The summed E-state index contributed by atoms with van der Waals surface area (Å²) in [6.45, 7) is 3.37. The van der Waals surface area contributed by atoms with Gasteiger partial charge in [-0.2, -0.15) is 5.10 Å². The van der Waals surface area contributed by atoms with E-state index in [9.17, 15) is 4.79 Å². The van der Waals surface area contributed by atoms with Gasteiger partial charge in [0.2, 0.25) is 6.10 Å². The van der Waals surface area contributed by atoms with Gasteiger partial charge in [-0.3, -0.25) is 9.48 Å². The molecule has 1 aliphatic heterocycles. The second-order valence-electron chi connectivity index (χ2n) is 5.90. The Bertz CT molecular complexity index is 752. The minimum Gasteiger partial charge on any atom is -0.497 e. The van der Waals surface area contributed by atoms with Crippen molar-refractivity contribution in [2.24, 2.45) is 5.16 Å². The van der Waals surface area contributed by atoms with Crippen LogP contribution in [0.3, 0.4) is 0 Å². The number of benzene rings is 1. The lowest BCUT2D eigenvalue weighted by Crippen LogP contribution is -2.35. The molecule has 1 aromatic heterocycles. The van der Waals surface area contributed by atoms with Crippen molar-refractivity contribution >= 4 is 11.6 Å². The second-order valence-corrected chi connectivity index (χ2v) is 5.90. The molecule has 25 heavy (non-hydrogen) atoms. The number of hydrogen-bond acceptors (Lipinski definition) is 5. The fourth-order valence-corrected chi connectivity index (χ4v) is 2.66. The lowest BCUT2D eigenvalue weighted by atomic mass is 10.0. The number of nitrogens with zero attached hydrogens (tertiary/aromatic N) is 3. The lowest BCUT2D eigenvalue weighted by molar-refractivity contribution is -0.131. The summed E-state index contributed by atoms with van der Waals surface area (Å²) < 4.78 is 7.06. The summed E-state index contributed by atoms with van der Waals surface area (Å²) in [5.41, 5.74) is 2.82. The summed E-state index contributed by atoms with van der Waals surface area (Å²) in [6.07, 6.45) is 2.49. The van der Waals surface area contributed by atoms with Crippen molar-refractivity contribution in [3.63, 3.8) is 0 Å². The highest BCUT2D eigenvalue weighted by Crippen LogP contribution is 2.19. The molecule has 132 valence electrons. The molecule has 3 rings (SSSR count). The third-order valence-corrected chi connectivity index (χ3v) is 4.16. The van der Waals surface area contributed by atoms with E-state index in [2.05, 4.69) is 15.6 Å². The molecular formula is C18H22N4O3. The lowest BCUT2D eigenvalue weighted by Gasteiger charge is -2.10. The fourth-order valence-electron chi connectivity index (χ4n) is 2.66. The van der Waals surface area contributed by atoms with Crippen LogP contribution in [0, 0.1) is 6.92 Å². The zero-order valence-electron chi connectivity index (χ0n) is 14.4. The Hall–Kier alpha value is -2.83. The molecule has 0 fully saturated rings. The van der Waals surface area contributed by atoms with Crippen LogP contribution >= 0.6 is 0 Å². The van der Waals surface area contributed by atoms with E-state index in [1.165, 1.54) is 0 Å². The highest BCUT2D eigenvalue weighted by Gasteiger charge is 2.28. The molecule has 0 saturated carbocycles. The van der Waals surface area contributed by atoms with Gasteiger partial charge in [0.1, 0.15) is 5.75 Å². The van der Waals surface area contributed by atoms with E-state index in [1.807, 2.05) is 41.9 Å². The first-order chi connectivity index (χ1) is 12.2. The van der Waals surface area contributed by atoms with Gasteiger partial charge in [0.05, 0.1) is 12.8 Å². The molecular weight excluding hydrogens is 320 g/mol. The van der Waals surface area contributed by atoms with Crippen molar-refractivity contribution in [1.29, 1.82) is 0 Å². The predicted molar refractivity (Wildman–Crippen MR) is 93.6 cm³/mol. The van der Waals surface area contributed by atoms with Gasteiger partial charge in [0.25, 0.3) is 5.91 Å². The van der Waals surface area contributed by atoms with Crippen LogP contribution in [0.2, 0.25) is 0 Å². The molecule has 7 heteroatoms. The van der Waals surface area contributed by atoms with E-state index >= 15 is 0 Å². The minimum absolute atomic E-state index is 0.135. The molecule has 1 aliphatic rings. The number of nitrogens with one attached hydrogen (secondary N) is 1. The van der Waals surface area contributed by atoms with Crippen molar-refractivity contribution in [3.8, 4) is 5.75 Å². The number of ether oxygens (including phenoxy) is 1. The number of carbonyl (C=O) groups is 1. The number of oxime groups is 1. The van der Waals surface area contributed by atoms with Crippen LogP contribution in [0.25, 0.3) is 0 Å². The zero-order chi connectivity index (χ0) is 17.6. The molecule has 0 saturated heterocycles. The maximum Gasteiger partial charge on any atom is 0.264 e. The number of methoxy groups -OCH3 is 1. The number of aromatic nitrogens is 2. The van der Waals surface area contributed by atoms with Crippen molar-refractivity contribution in [1.82, 2.24) is 15.1 Å². The maximum atomic E-state index is 12.2. The molecule has 0 aliphatic carbocycles. The van der Waals surface area contributed by atoms with Gasteiger partial charge in [0, 0.05) is 31.4 Å². The number of amides is 1. The molecule has 2 heterocycles. The average molecular weight is 342 g/mol. The number of carbonyl (C=O) groups excluding carboxylic acids is 1. The summed E-state index contributed by atoms with van der Waals surface area (Å²) in [6, 6.07) is 9.51. The SMILES string of the molecule is COc1ccc(C2=NOC(C(=O)NCCCn3nccc3C)C2)cc1. The fraction of sp³-hybridized carbons (Fsp3) is 0.389. The van der Waals surface area contributed by atoms with Gasteiger partial charge in [0.15, 0.2) is 0 Å². The highest BCUT2D eigenvalue weighted by atomic mass is 16.6. The Morgan fingerprint density at radius 2 is 2.16 bits per heavy atom. The minimum atomic E-state index is -0.566. The van der Waals surface area contributed by atoms with Gasteiger partial charge in [-0.25, -0.2) is 0 Å². The van der Waals surface area contributed by atoms with Crippen LogP contribution in [0.4, 0.5) is 0 Å². The van der Waals surface area contributed by atoms with Gasteiger partial charge >= 0.3 is 0 Å². The molecule has 2 aromatic rings. The van der Waals surface area contributed by atoms with Gasteiger partial charge in [-0.15, -0.1) is 0 Å². The Kier molecular flexibility index (Phi) is 5.33. The van der Waals surface area contributed by atoms with Crippen LogP contribution in [-0.4, -0.2) is 41.2 Å². The van der Waals surface area contributed by atoms with Crippen molar-refractivity contribution < 1.29 is 14.4 Å². The molecule has 0 radical (unpaired) electrons. The van der Waals surface area contributed by atoms with Crippen molar-refractivity contribution in [3.05, 3.63) is 47.8 Å². The van der Waals surface area contributed by atoms with Crippen LogP contribution in [-0.2, 0) is 16.2 Å².